The summed E-state index contributed by atoms with van der Waals surface area (Å²) in [6.45, 7) is 17.1. The van der Waals surface area contributed by atoms with Gasteiger partial charge in [-0.3, -0.25) is 0 Å². The first-order valence-corrected chi connectivity index (χ1v) is 7.09. The zero-order valence-corrected chi connectivity index (χ0v) is 12.7. The summed E-state index contributed by atoms with van der Waals surface area (Å²) in [5.74, 6) is 0. The van der Waals surface area contributed by atoms with Gasteiger partial charge in [-0.05, 0) is 58.5 Å². The van der Waals surface area contributed by atoms with Crippen molar-refractivity contribution in [1.82, 2.24) is 4.90 Å². The smallest absolute Gasteiger partial charge is 0.0642 e. The number of likely N-dealkylation sites (tertiary alicyclic amines) is 1. The molecular formula is C15H31NO. The van der Waals surface area contributed by atoms with Crippen molar-refractivity contribution in [3.63, 3.8) is 0 Å². The van der Waals surface area contributed by atoms with Crippen molar-refractivity contribution in [1.29, 1.82) is 0 Å². The quantitative estimate of drug-likeness (QED) is 0.744. The molecular weight excluding hydrogens is 210 g/mol. The highest BCUT2D eigenvalue weighted by Gasteiger charge is 2.30. The Balaban J connectivity index is 2.46. The molecule has 0 amide bonds. The maximum absolute atomic E-state index is 6.24. The Bertz CT molecular complexity index is 218. The third kappa shape index (κ3) is 5.87. The molecule has 0 radical (unpaired) electrons. The third-order valence-corrected chi connectivity index (χ3v) is 3.37. The second-order valence-electron chi connectivity index (χ2n) is 7.42. The summed E-state index contributed by atoms with van der Waals surface area (Å²) in [6.07, 6.45) is 4.25. The number of rotatable bonds is 4. The molecule has 0 aromatic heterocycles. The van der Waals surface area contributed by atoms with E-state index in [0.717, 1.165) is 6.42 Å². The van der Waals surface area contributed by atoms with Gasteiger partial charge in [0.25, 0.3) is 0 Å². The highest BCUT2D eigenvalue weighted by atomic mass is 16.5. The molecule has 0 aromatic rings. The first-order valence-electron chi connectivity index (χ1n) is 7.09. The van der Waals surface area contributed by atoms with E-state index >= 15 is 0 Å². The highest BCUT2D eigenvalue weighted by Crippen LogP contribution is 2.29. The fourth-order valence-corrected chi connectivity index (χ4v) is 2.40. The summed E-state index contributed by atoms with van der Waals surface area (Å²) in [4.78, 5) is 2.57. The van der Waals surface area contributed by atoms with Crippen molar-refractivity contribution >= 4 is 0 Å². The van der Waals surface area contributed by atoms with E-state index in [4.69, 9.17) is 4.74 Å². The molecule has 0 aromatic carbocycles. The van der Waals surface area contributed by atoms with Gasteiger partial charge in [0.05, 0.1) is 11.7 Å². The predicted octanol–water partition coefficient (Wildman–Crippen LogP) is 3.70. The number of hydrogen-bond acceptors (Lipinski definition) is 2. The van der Waals surface area contributed by atoms with Crippen molar-refractivity contribution in [2.75, 3.05) is 19.6 Å². The monoisotopic (exact) mass is 241 g/mol. The Morgan fingerprint density at radius 3 is 1.94 bits per heavy atom. The first-order chi connectivity index (χ1) is 7.68. The number of hydrogen-bond donors (Lipinski definition) is 0. The van der Waals surface area contributed by atoms with Crippen LogP contribution in [0, 0.1) is 5.41 Å². The van der Waals surface area contributed by atoms with E-state index in [1.807, 2.05) is 0 Å². The average Bonchev–Trinajstić information content (AvgIpc) is 2.60. The predicted molar refractivity (Wildman–Crippen MR) is 74.4 cm³/mol. The van der Waals surface area contributed by atoms with Crippen LogP contribution in [0.15, 0.2) is 0 Å². The molecule has 0 bridgehead atoms. The van der Waals surface area contributed by atoms with Gasteiger partial charge in [-0.25, -0.2) is 0 Å². The summed E-state index contributed by atoms with van der Waals surface area (Å²) in [7, 11) is 0. The molecule has 1 aliphatic rings. The molecule has 102 valence electrons. The van der Waals surface area contributed by atoms with E-state index in [1.165, 1.54) is 32.5 Å². The van der Waals surface area contributed by atoms with Crippen LogP contribution in [-0.2, 0) is 4.74 Å². The Labute approximate surface area is 108 Å². The summed E-state index contributed by atoms with van der Waals surface area (Å²) >= 11 is 0. The molecule has 2 nitrogen and oxygen atoms in total. The minimum absolute atomic E-state index is 0.0387. The second-order valence-corrected chi connectivity index (χ2v) is 7.42. The molecule has 1 fully saturated rings. The number of nitrogens with zero attached hydrogens (tertiary/aromatic N) is 1. The maximum atomic E-state index is 6.24. The van der Waals surface area contributed by atoms with Gasteiger partial charge >= 0.3 is 0 Å². The number of ether oxygens (including phenoxy) is 1. The Kier molecular flexibility index (Phi) is 5.03. The molecule has 17 heavy (non-hydrogen) atoms. The van der Waals surface area contributed by atoms with E-state index in [0.29, 0.717) is 6.10 Å². The van der Waals surface area contributed by atoms with Crippen LogP contribution >= 0.6 is 0 Å². The van der Waals surface area contributed by atoms with Crippen LogP contribution in [0.2, 0.25) is 0 Å². The lowest BCUT2D eigenvalue weighted by atomic mass is 9.86. The molecule has 0 saturated carbocycles. The SMILES string of the molecule is CC(C)(C)OC(CCN1CCCC1)C(C)(C)C. The lowest BCUT2D eigenvalue weighted by molar-refractivity contribution is -0.109. The minimum Gasteiger partial charge on any atom is -0.372 e. The minimum atomic E-state index is -0.0387. The molecule has 1 aliphatic heterocycles. The van der Waals surface area contributed by atoms with Crippen LogP contribution in [0.5, 0.6) is 0 Å². The van der Waals surface area contributed by atoms with Gasteiger partial charge in [-0.15, -0.1) is 0 Å². The molecule has 0 spiro atoms. The van der Waals surface area contributed by atoms with Crippen LogP contribution in [0.25, 0.3) is 0 Å². The van der Waals surface area contributed by atoms with Crippen molar-refractivity contribution in [2.45, 2.75) is 72.5 Å². The van der Waals surface area contributed by atoms with Gasteiger partial charge in [0.15, 0.2) is 0 Å². The normalized spacial score (nSPS) is 20.8. The van der Waals surface area contributed by atoms with E-state index in [1.54, 1.807) is 0 Å². The van der Waals surface area contributed by atoms with Gasteiger partial charge in [-0.1, -0.05) is 20.8 Å². The first kappa shape index (κ1) is 15.0. The molecule has 2 heteroatoms. The van der Waals surface area contributed by atoms with Crippen molar-refractivity contribution in [3.8, 4) is 0 Å². The standard InChI is InChI=1S/C15H31NO/c1-14(2,3)13(17-15(4,5)6)9-12-16-10-7-8-11-16/h13H,7-12H2,1-6H3. The van der Waals surface area contributed by atoms with Gasteiger partial charge in [0.1, 0.15) is 0 Å². The third-order valence-electron chi connectivity index (χ3n) is 3.37. The topological polar surface area (TPSA) is 12.5 Å². The van der Waals surface area contributed by atoms with E-state index in [9.17, 15) is 0 Å². The van der Waals surface area contributed by atoms with Crippen LogP contribution in [0.4, 0.5) is 0 Å². The van der Waals surface area contributed by atoms with Gasteiger partial charge < -0.3 is 9.64 Å². The fraction of sp³-hybridized carbons (Fsp3) is 1.00. The molecule has 1 saturated heterocycles. The zero-order chi connectivity index (χ0) is 13.1. The molecule has 1 unspecified atom stereocenters. The van der Waals surface area contributed by atoms with Crippen LogP contribution in [-0.4, -0.2) is 36.2 Å². The molecule has 0 N–H and O–H groups in total. The summed E-state index contributed by atoms with van der Waals surface area (Å²) in [5, 5.41) is 0. The van der Waals surface area contributed by atoms with E-state index in [2.05, 4.69) is 46.4 Å². The molecule has 0 aliphatic carbocycles. The Hall–Kier alpha value is -0.0800. The Morgan fingerprint density at radius 1 is 1.00 bits per heavy atom. The van der Waals surface area contributed by atoms with E-state index in [-0.39, 0.29) is 11.0 Å². The highest BCUT2D eigenvalue weighted by molar-refractivity contribution is 4.80. The largest absolute Gasteiger partial charge is 0.372 e. The fourth-order valence-electron chi connectivity index (χ4n) is 2.40. The van der Waals surface area contributed by atoms with Crippen LogP contribution < -0.4 is 0 Å². The Morgan fingerprint density at radius 2 is 1.53 bits per heavy atom. The molecule has 1 rings (SSSR count). The summed E-state index contributed by atoms with van der Waals surface area (Å²) < 4.78 is 6.24. The van der Waals surface area contributed by atoms with Crippen molar-refractivity contribution < 1.29 is 4.74 Å². The van der Waals surface area contributed by atoms with Gasteiger partial charge in [-0.2, -0.15) is 0 Å². The van der Waals surface area contributed by atoms with Crippen molar-refractivity contribution in [3.05, 3.63) is 0 Å². The lowest BCUT2D eigenvalue weighted by Crippen LogP contribution is -2.39. The average molecular weight is 241 g/mol. The molecule has 1 atom stereocenters. The van der Waals surface area contributed by atoms with E-state index < -0.39 is 0 Å². The summed E-state index contributed by atoms with van der Waals surface area (Å²) in [6, 6.07) is 0. The summed E-state index contributed by atoms with van der Waals surface area (Å²) in [5.41, 5.74) is 0.190. The van der Waals surface area contributed by atoms with Gasteiger partial charge in [0.2, 0.25) is 0 Å². The maximum Gasteiger partial charge on any atom is 0.0642 e. The lowest BCUT2D eigenvalue weighted by Gasteiger charge is -2.37. The second kappa shape index (κ2) is 5.71. The molecule has 1 heterocycles. The van der Waals surface area contributed by atoms with Gasteiger partial charge in [0, 0.05) is 6.54 Å². The van der Waals surface area contributed by atoms with Crippen molar-refractivity contribution in [2.24, 2.45) is 5.41 Å². The zero-order valence-electron chi connectivity index (χ0n) is 12.7. The van der Waals surface area contributed by atoms with Crippen LogP contribution in [0.1, 0.15) is 60.8 Å². The van der Waals surface area contributed by atoms with Crippen LogP contribution in [0.3, 0.4) is 0 Å².